The molecule has 3 rings (SSSR count). The molecule has 0 bridgehead atoms. The molecule has 2 heterocycles. The maximum Gasteiger partial charge on any atom is 0.257 e. The van der Waals surface area contributed by atoms with Gasteiger partial charge in [-0.1, -0.05) is 19.9 Å². The van der Waals surface area contributed by atoms with Gasteiger partial charge in [-0.3, -0.25) is 14.6 Å². The summed E-state index contributed by atoms with van der Waals surface area (Å²) in [7, 11) is 0. The summed E-state index contributed by atoms with van der Waals surface area (Å²) in [6.45, 7) is 4.13. The van der Waals surface area contributed by atoms with Crippen molar-refractivity contribution in [3.8, 4) is 0 Å². The third kappa shape index (κ3) is 3.79. The van der Waals surface area contributed by atoms with Crippen LogP contribution in [0.15, 0.2) is 47.8 Å². The molecule has 6 heteroatoms. The second-order valence-electron chi connectivity index (χ2n) is 6.26. The number of hydrogen-bond donors (Lipinski definition) is 2. The topological polar surface area (TPSA) is 83.4 Å². The van der Waals surface area contributed by atoms with Crippen molar-refractivity contribution in [2.75, 3.05) is 5.32 Å². The van der Waals surface area contributed by atoms with Crippen LogP contribution in [0.1, 0.15) is 48.2 Å². The van der Waals surface area contributed by atoms with Crippen LogP contribution in [0, 0.1) is 5.92 Å². The fourth-order valence-electron chi connectivity index (χ4n) is 3.11. The van der Waals surface area contributed by atoms with Crippen LogP contribution < -0.4 is 10.7 Å². The quantitative estimate of drug-likeness (QED) is 0.869. The molecule has 2 aromatic rings. The first-order valence-corrected chi connectivity index (χ1v) is 8.83. The first-order valence-electron chi connectivity index (χ1n) is 8.83. The molecule has 0 fully saturated rings. The maximum atomic E-state index is 12.3. The number of nitrogens with one attached hydrogen (secondary N) is 2. The molecule has 0 aliphatic carbocycles. The predicted octanol–water partition coefficient (Wildman–Crippen LogP) is 3.15. The lowest BCUT2D eigenvalue weighted by Gasteiger charge is -2.23. The molecule has 2 amide bonds. The smallest absolute Gasteiger partial charge is 0.257 e. The molecule has 0 saturated carbocycles. The first-order chi connectivity index (χ1) is 12.6. The number of nitrogens with zero attached hydrogens (tertiary/aromatic N) is 2. The number of hydrogen-bond acceptors (Lipinski definition) is 4. The Labute approximate surface area is 152 Å². The summed E-state index contributed by atoms with van der Waals surface area (Å²) in [4.78, 5) is 27.9. The van der Waals surface area contributed by atoms with E-state index in [0.717, 1.165) is 35.4 Å². The van der Waals surface area contributed by atoms with Crippen LogP contribution in [0.4, 0.5) is 5.69 Å². The Morgan fingerprint density at radius 3 is 2.85 bits per heavy atom. The van der Waals surface area contributed by atoms with Crippen LogP contribution >= 0.6 is 0 Å². The molecule has 1 aromatic heterocycles. The van der Waals surface area contributed by atoms with E-state index in [1.807, 2.05) is 18.2 Å². The first kappa shape index (κ1) is 17.8. The molecule has 0 radical (unpaired) electrons. The van der Waals surface area contributed by atoms with Gasteiger partial charge in [-0.2, -0.15) is 5.10 Å². The van der Waals surface area contributed by atoms with Crippen molar-refractivity contribution in [2.45, 2.75) is 33.1 Å². The molecule has 26 heavy (non-hydrogen) atoms. The normalized spacial score (nSPS) is 16.6. The highest BCUT2D eigenvalue weighted by Gasteiger charge is 2.25. The van der Waals surface area contributed by atoms with Crippen LogP contribution in [0.2, 0.25) is 0 Å². The molecular weight excluding hydrogens is 328 g/mol. The molecule has 1 unspecified atom stereocenters. The molecule has 0 spiro atoms. The fraction of sp³-hybridized carbons (Fsp3) is 0.300. The summed E-state index contributed by atoms with van der Waals surface area (Å²) in [6, 6.07) is 9.26. The molecule has 1 aliphatic heterocycles. The van der Waals surface area contributed by atoms with E-state index < -0.39 is 0 Å². The number of aryl methyl sites for hydroxylation is 1. The average molecular weight is 350 g/mol. The zero-order chi connectivity index (χ0) is 18.5. The molecule has 2 N–H and O–H groups in total. The van der Waals surface area contributed by atoms with E-state index in [1.165, 1.54) is 6.20 Å². The van der Waals surface area contributed by atoms with Gasteiger partial charge in [0.15, 0.2) is 0 Å². The molecule has 6 nitrogen and oxygen atoms in total. The monoisotopic (exact) mass is 350 g/mol. The number of carbonyl (C=O) groups is 2. The minimum Gasteiger partial charge on any atom is -0.322 e. The number of amides is 2. The van der Waals surface area contributed by atoms with Crippen molar-refractivity contribution in [2.24, 2.45) is 11.0 Å². The van der Waals surface area contributed by atoms with Crippen molar-refractivity contribution in [3.05, 3.63) is 59.4 Å². The van der Waals surface area contributed by atoms with E-state index >= 15 is 0 Å². The molecule has 0 saturated heterocycles. The van der Waals surface area contributed by atoms with Gasteiger partial charge in [-0.05, 0) is 42.7 Å². The maximum absolute atomic E-state index is 12.3. The number of benzene rings is 1. The highest BCUT2D eigenvalue weighted by atomic mass is 16.2. The SMILES string of the molecule is CCc1cc(NC(=O)c2cccnc2)ccc1C1=NNC(=O)CC1CC. The van der Waals surface area contributed by atoms with Crippen LogP contribution in [-0.2, 0) is 11.2 Å². The van der Waals surface area contributed by atoms with E-state index in [1.54, 1.807) is 18.3 Å². The van der Waals surface area contributed by atoms with Gasteiger partial charge in [0, 0.05) is 36.0 Å². The molecule has 134 valence electrons. The van der Waals surface area contributed by atoms with E-state index in [9.17, 15) is 9.59 Å². The van der Waals surface area contributed by atoms with Crippen molar-refractivity contribution >= 4 is 23.2 Å². The molecular formula is C20H22N4O2. The summed E-state index contributed by atoms with van der Waals surface area (Å²) in [5.41, 5.74) is 6.85. The molecule has 1 atom stereocenters. The molecule has 1 aliphatic rings. The second-order valence-corrected chi connectivity index (χ2v) is 6.26. The Kier molecular flexibility index (Phi) is 5.41. The summed E-state index contributed by atoms with van der Waals surface area (Å²) in [6.07, 6.45) is 5.28. The van der Waals surface area contributed by atoms with Gasteiger partial charge in [-0.15, -0.1) is 0 Å². The number of rotatable bonds is 5. The molecule has 1 aromatic carbocycles. The van der Waals surface area contributed by atoms with Crippen LogP contribution in [0.5, 0.6) is 0 Å². The third-order valence-corrected chi connectivity index (χ3v) is 4.56. The Bertz CT molecular complexity index is 846. The Hall–Kier alpha value is -3.02. The highest BCUT2D eigenvalue weighted by Crippen LogP contribution is 2.25. The van der Waals surface area contributed by atoms with Gasteiger partial charge >= 0.3 is 0 Å². The number of hydrazone groups is 1. The summed E-state index contributed by atoms with van der Waals surface area (Å²) in [5.74, 6) is -0.120. The van der Waals surface area contributed by atoms with Crippen LogP contribution in [-0.4, -0.2) is 22.5 Å². The summed E-state index contributed by atoms with van der Waals surface area (Å²) < 4.78 is 0. The Morgan fingerprint density at radius 1 is 1.31 bits per heavy atom. The summed E-state index contributed by atoms with van der Waals surface area (Å²) >= 11 is 0. The number of pyridine rings is 1. The zero-order valence-corrected chi connectivity index (χ0v) is 15.0. The van der Waals surface area contributed by atoms with Crippen LogP contribution in [0.3, 0.4) is 0 Å². The van der Waals surface area contributed by atoms with Gasteiger partial charge in [0.25, 0.3) is 5.91 Å². The lowest BCUT2D eigenvalue weighted by molar-refractivity contribution is -0.122. The van der Waals surface area contributed by atoms with Crippen molar-refractivity contribution in [1.82, 2.24) is 10.4 Å². The third-order valence-electron chi connectivity index (χ3n) is 4.56. The van der Waals surface area contributed by atoms with Gasteiger partial charge < -0.3 is 5.32 Å². The highest BCUT2D eigenvalue weighted by molar-refractivity contribution is 6.08. The zero-order valence-electron chi connectivity index (χ0n) is 15.0. The fourth-order valence-corrected chi connectivity index (χ4v) is 3.11. The van der Waals surface area contributed by atoms with Crippen molar-refractivity contribution < 1.29 is 9.59 Å². The minimum absolute atomic E-state index is 0.0426. The van der Waals surface area contributed by atoms with E-state index in [2.05, 4.69) is 34.7 Å². The predicted molar refractivity (Wildman–Crippen MR) is 101 cm³/mol. The number of carbonyl (C=O) groups excluding carboxylic acids is 2. The minimum atomic E-state index is -0.193. The van der Waals surface area contributed by atoms with Crippen molar-refractivity contribution in [1.29, 1.82) is 0 Å². The van der Waals surface area contributed by atoms with Crippen molar-refractivity contribution in [3.63, 3.8) is 0 Å². The van der Waals surface area contributed by atoms with Crippen LogP contribution in [0.25, 0.3) is 0 Å². The van der Waals surface area contributed by atoms with Gasteiger partial charge in [0.2, 0.25) is 5.91 Å². The second kappa shape index (κ2) is 7.91. The summed E-state index contributed by atoms with van der Waals surface area (Å²) in [5, 5.41) is 7.21. The average Bonchev–Trinajstić information content (AvgIpc) is 2.68. The standard InChI is InChI=1S/C20H22N4O2/c1-3-13-10-16(22-20(26)15-6-5-9-21-12-15)7-8-17(13)19-14(4-2)11-18(25)23-24-19/h5-10,12,14H,3-4,11H2,1-2H3,(H,22,26)(H,23,25). The lowest BCUT2D eigenvalue weighted by Crippen LogP contribution is -2.33. The largest absolute Gasteiger partial charge is 0.322 e. The van der Waals surface area contributed by atoms with Gasteiger partial charge in [0.05, 0.1) is 11.3 Å². The van der Waals surface area contributed by atoms with E-state index in [4.69, 9.17) is 0 Å². The van der Waals surface area contributed by atoms with Gasteiger partial charge in [-0.25, -0.2) is 5.43 Å². The number of anilines is 1. The lowest BCUT2D eigenvalue weighted by atomic mass is 9.87. The Morgan fingerprint density at radius 2 is 2.15 bits per heavy atom. The van der Waals surface area contributed by atoms with Gasteiger partial charge in [0.1, 0.15) is 0 Å². The Balaban J connectivity index is 1.86. The van der Waals surface area contributed by atoms with E-state index in [-0.39, 0.29) is 17.7 Å². The van der Waals surface area contributed by atoms with E-state index in [0.29, 0.717) is 12.0 Å². The number of aromatic nitrogens is 1.